The van der Waals surface area contributed by atoms with Crippen molar-refractivity contribution in [3.05, 3.63) is 0 Å². The van der Waals surface area contributed by atoms with Gasteiger partial charge in [-0.1, -0.05) is 20.8 Å². The van der Waals surface area contributed by atoms with Gasteiger partial charge in [-0.25, -0.2) is 0 Å². The van der Waals surface area contributed by atoms with E-state index in [0.717, 1.165) is 23.7 Å². The summed E-state index contributed by atoms with van der Waals surface area (Å²) in [6.07, 6.45) is 12.7. The monoisotopic (exact) mass is 344 g/mol. The fraction of sp³-hybridized carbons (Fsp3) is 0.957. The summed E-state index contributed by atoms with van der Waals surface area (Å²) in [5.74, 6) is 4.37. The first kappa shape index (κ1) is 16.8. The third-order valence-electron chi connectivity index (χ3n) is 10.8. The van der Waals surface area contributed by atoms with E-state index in [4.69, 9.17) is 4.74 Å². The molecule has 0 saturated heterocycles. The molecule has 0 aliphatic heterocycles. The van der Waals surface area contributed by atoms with E-state index in [1.165, 1.54) is 57.7 Å². The van der Waals surface area contributed by atoms with Gasteiger partial charge < -0.3 is 9.53 Å². The van der Waals surface area contributed by atoms with Crippen LogP contribution in [-0.2, 0) is 9.53 Å². The number of hydrogen-bond donors (Lipinski definition) is 0. The molecule has 1 spiro atoms. The van der Waals surface area contributed by atoms with Crippen LogP contribution in [0.25, 0.3) is 0 Å². The van der Waals surface area contributed by atoms with E-state index in [0.29, 0.717) is 28.3 Å². The predicted molar refractivity (Wildman–Crippen MR) is 99.1 cm³/mol. The summed E-state index contributed by atoms with van der Waals surface area (Å²) in [6.45, 7) is 7.35. The predicted octanol–water partition coefficient (Wildman–Crippen LogP) is 5.11. The van der Waals surface area contributed by atoms with E-state index >= 15 is 0 Å². The van der Waals surface area contributed by atoms with E-state index in [2.05, 4.69) is 20.8 Å². The first-order chi connectivity index (χ1) is 11.9. The molecule has 0 aromatic carbocycles. The molecule has 0 heterocycles. The van der Waals surface area contributed by atoms with Gasteiger partial charge in [0.25, 0.3) is 0 Å². The maximum Gasteiger partial charge on any atom is 0.123 e. The first-order valence-electron chi connectivity index (χ1n) is 10.9. The molecule has 10 atom stereocenters. The fourth-order valence-electron chi connectivity index (χ4n) is 9.58. The van der Waals surface area contributed by atoms with Crippen molar-refractivity contribution in [2.75, 3.05) is 7.11 Å². The summed E-state index contributed by atoms with van der Waals surface area (Å²) in [6, 6.07) is 0. The minimum atomic E-state index is 0.231. The first-order valence-corrected chi connectivity index (χ1v) is 10.9. The highest BCUT2D eigenvalue weighted by Gasteiger charge is 2.77. The topological polar surface area (TPSA) is 26.3 Å². The van der Waals surface area contributed by atoms with Crippen molar-refractivity contribution < 1.29 is 9.53 Å². The van der Waals surface area contributed by atoms with E-state index in [1.807, 2.05) is 7.11 Å². The second-order valence-electron chi connectivity index (χ2n) is 11.0. The molecular weight excluding hydrogens is 308 g/mol. The van der Waals surface area contributed by atoms with E-state index in [-0.39, 0.29) is 5.92 Å². The molecule has 0 bridgehead atoms. The Bertz CT molecular complexity index is 587. The van der Waals surface area contributed by atoms with Crippen LogP contribution in [-0.4, -0.2) is 19.5 Å². The van der Waals surface area contributed by atoms with Crippen molar-refractivity contribution in [2.45, 2.75) is 78.2 Å². The Balaban J connectivity index is 1.50. The highest BCUT2D eigenvalue weighted by Crippen LogP contribution is 2.82. The van der Waals surface area contributed by atoms with E-state index in [9.17, 15) is 4.79 Å². The number of methoxy groups -OCH3 is 1. The molecule has 5 aliphatic carbocycles. The van der Waals surface area contributed by atoms with Crippen molar-refractivity contribution in [1.82, 2.24) is 0 Å². The van der Waals surface area contributed by atoms with Crippen molar-refractivity contribution in [2.24, 2.45) is 51.8 Å². The molecule has 0 N–H and O–H groups in total. The molecule has 4 unspecified atom stereocenters. The number of fused-ring (bicyclic) bond motifs is 4. The van der Waals surface area contributed by atoms with Crippen LogP contribution in [0.3, 0.4) is 0 Å². The molecule has 0 amide bonds. The summed E-state index contributed by atoms with van der Waals surface area (Å²) in [4.78, 5) is 11.5. The molecular formula is C23H36O2. The van der Waals surface area contributed by atoms with Crippen molar-refractivity contribution in [3.63, 3.8) is 0 Å². The second-order valence-corrected chi connectivity index (χ2v) is 11.0. The van der Waals surface area contributed by atoms with Crippen molar-refractivity contribution >= 4 is 6.29 Å². The quantitative estimate of drug-likeness (QED) is 0.665. The Kier molecular flexibility index (Phi) is 3.43. The number of aldehydes is 1. The lowest BCUT2D eigenvalue weighted by atomic mass is 9.45. The van der Waals surface area contributed by atoms with Crippen LogP contribution in [0.4, 0.5) is 0 Å². The number of ether oxygens (including phenoxy) is 1. The number of carbonyl (C=O) groups is 1. The molecule has 140 valence electrons. The van der Waals surface area contributed by atoms with Gasteiger partial charge in [0.1, 0.15) is 6.29 Å². The Morgan fingerprint density at radius 1 is 1.08 bits per heavy atom. The largest absolute Gasteiger partial charge is 0.381 e. The molecule has 5 fully saturated rings. The Morgan fingerprint density at radius 3 is 2.56 bits per heavy atom. The average Bonchev–Trinajstić information content (AvgIpc) is 3.12. The van der Waals surface area contributed by atoms with Gasteiger partial charge in [0, 0.05) is 18.4 Å². The molecule has 0 aromatic heterocycles. The van der Waals surface area contributed by atoms with E-state index in [1.54, 1.807) is 0 Å². The smallest absolute Gasteiger partial charge is 0.123 e. The summed E-state index contributed by atoms with van der Waals surface area (Å²) in [7, 11) is 1.97. The van der Waals surface area contributed by atoms with Crippen LogP contribution >= 0.6 is 0 Å². The van der Waals surface area contributed by atoms with Crippen LogP contribution < -0.4 is 0 Å². The lowest BCUT2D eigenvalue weighted by Gasteiger charge is -2.61. The van der Waals surface area contributed by atoms with Gasteiger partial charge in [-0.05, 0) is 91.8 Å². The summed E-state index contributed by atoms with van der Waals surface area (Å²) in [5.41, 5.74) is 1.45. The van der Waals surface area contributed by atoms with Gasteiger partial charge in [0.05, 0.1) is 6.10 Å². The van der Waals surface area contributed by atoms with Crippen molar-refractivity contribution in [3.8, 4) is 0 Å². The zero-order chi connectivity index (χ0) is 17.6. The maximum atomic E-state index is 11.5. The van der Waals surface area contributed by atoms with Gasteiger partial charge in [-0.2, -0.15) is 0 Å². The van der Waals surface area contributed by atoms with Gasteiger partial charge in [-0.15, -0.1) is 0 Å². The molecule has 0 aromatic rings. The highest BCUT2D eigenvalue weighted by atomic mass is 16.5. The molecule has 0 radical (unpaired) electrons. The SMILES string of the molecule is CO[C@@H]1CC2C3CCC([C@H](C)C=O)[C@@]3(C)CCC2[C@@]2(C)CC[C@@H]3C[C@]312. The Labute approximate surface area is 153 Å². The molecule has 25 heavy (non-hydrogen) atoms. The number of carbonyl (C=O) groups excluding carboxylic acids is 1. The lowest BCUT2D eigenvalue weighted by molar-refractivity contribution is -0.161. The van der Waals surface area contributed by atoms with Gasteiger partial charge >= 0.3 is 0 Å². The van der Waals surface area contributed by atoms with Crippen LogP contribution in [0.2, 0.25) is 0 Å². The Morgan fingerprint density at radius 2 is 1.88 bits per heavy atom. The standard InChI is InChI=1S/C23H36O2/c1-14(13-24)17-5-6-18-16-11-20(25-4)23-12-15(23)7-10-22(23,3)19(16)8-9-21(17,18)2/h13-20H,5-12H2,1-4H3/t14-,15-,16?,17?,18?,19?,20-,21-,22-,23+/m1/s1. The Hall–Kier alpha value is -0.370. The summed E-state index contributed by atoms with van der Waals surface area (Å²) in [5, 5.41) is 0. The fourth-order valence-corrected chi connectivity index (χ4v) is 9.58. The number of rotatable bonds is 3. The van der Waals surface area contributed by atoms with Crippen LogP contribution in [0.5, 0.6) is 0 Å². The molecule has 2 nitrogen and oxygen atoms in total. The molecule has 5 rings (SSSR count). The third kappa shape index (κ3) is 1.79. The zero-order valence-corrected chi connectivity index (χ0v) is 16.6. The average molecular weight is 345 g/mol. The zero-order valence-electron chi connectivity index (χ0n) is 16.6. The van der Waals surface area contributed by atoms with Crippen LogP contribution in [0.15, 0.2) is 0 Å². The molecule has 5 aliphatic rings. The van der Waals surface area contributed by atoms with Crippen molar-refractivity contribution in [1.29, 1.82) is 0 Å². The molecule has 2 heteroatoms. The minimum absolute atomic E-state index is 0.231. The lowest BCUT2D eigenvalue weighted by Crippen LogP contribution is -2.57. The highest BCUT2D eigenvalue weighted by molar-refractivity contribution is 5.53. The van der Waals surface area contributed by atoms with E-state index < -0.39 is 0 Å². The summed E-state index contributed by atoms with van der Waals surface area (Å²) >= 11 is 0. The van der Waals surface area contributed by atoms with Gasteiger partial charge in [-0.3, -0.25) is 0 Å². The molecule has 5 saturated carbocycles. The van der Waals surface area contributed by atoms with Crippen LogP contribution in [0.1, 0.15) is 72.1 Å². The minimum Gasteiger partial charge on any atom is -0.381 e. The second kappa shape index (κ2) is 5.12. The van der Waals surface area contributed by atoms with Gasteiger partial charge in [0.15, 0.2) is 0 Å². The van der Waals surface area contributed by atoms with Gasteiger partial charge in [0.2, 0.25) is 0 Å². The summed E-state index contributed by atoms with van der Waals surface area (Å²) < 4.78 is 6.18. The third-order valence-corrected chi connectivity index (χ3v) is 10.8. The maximum absolute atomic E-state index is 11.5. The number of hydrogen-bond acceptors (Lipinski definition) is 2. The van der Waals surface area contributed by atoms with Crippen LogP contribution in [0, 0.1) is 51.8 Å². The normalized spacial score (nSPS) is 60.2.